The molecule has 11 nitrogen and oxygen atoms in total. The first-order valence-corrected chi connectivity index (χ1v) is 16.2. The molecule has 0 radical (unpaired) electrons. The van der Waals surface area contributed by atoms with Gasteiger partial charge < -0.3 is 29.8 Å². The second-order valence-corrected chi connectivity index (χ2v) is 13.8. The molecule has 0 aliphatic carbocycles. The first-order chi connectivity index (χ1) is 22.2. The lowest BCUT2D eigenvalue weighted by molar-refractivity contribution is -0.145. The van der Waals surface area contributed by atoms with Crippen molar-refractivity contribution in [1.82, 2.24) is 15.5 Å². The van der Waals surface area contributed by atoms with Crippen molar-refractivity contribution in [3.63, 3.8) is 0 Å². The van der Waals surface area contributed by atoms with E-state index in [0.717, 1.165) is 5.56 Å². The number of oxime groups is 1. The van der Waals surface area contributed by atoms with Gasteiger partial charge in [0.05, 0.1) is 32.5 Å². The fourth-order valence-corrected chi connectivity index (χ4v) is 5.98. The van der Waals surface area contributed by atoms with Crippen LogP contribution in [0.4, 0.5) is 0 Å². The lowest BCUT2D eigenvalue weighted by Gasteiger charge is -2.33. The molecule has 2 aliphatic rings. The number of Topliss-reactive ketones (excluding diaryl/α,β-unsaturated/α-hetero) is 1. The number of carbonyl (C=O) groups excluding carboxylic acids is 4. The first-order valence-electron chi connectivity index (χ1n) is 15.9. The Hall–Kier alpha value is -4.12. The summed E-state index contributed by atoms with van der Waals surface area (Å²) in [5.74, 6) is -1.64. The standard InChI is InChI=1S/C35H45ClN4O7/c1-8-10-27(30(41)32(43)37-19-22-13-25(45-6)16-26(14-22)46-7)38-31(42)29-18-35(20-40(29)33(44)21(2)34(3,4)5)17-28(39-47-35)23-11-9-12-24(36)15-23/h9,11-16,21,27,29H,8,10,17-20H2,1-7H3,(H,37,43)(H,38,42)/t21-,27+,29+,35-/m1/s1. The topological polar surface area (TPSA) is 136 Å². The number of nitrogens with zero attached hydrogens (tertiary/aromatic N) is 2. The summed E-state index contributed by atoms with van der Waals surface area (Å²) in [5.41, 5.74) is 0.863. The van der Waals surface area contributed by atoms with E-state index in [2.05, 4.69) is 15.8 Å². The summed E-state index contributed by atoms with van der Waals surface area (Å²) < 4.78 is 10.6. The quantitative estimate of drug-likeness (QED) is 0.314. The molecule has 1 saturated heterocycles. The fourth-order valence-electron chi connectivity index (χ4n) is 5.79. The molecule has 1 spiro atoms. The third kappa shape index (κ3) is 8.43. The van der Waals surface area contributed by atoms with Crippen molar-refractivity contribution in [1.29, 1.82) is 0 Å². The van der Waals surface area contributed by atoms with Crippen LogP contribution in [0.15, 0.2) is 47.6 Å². The average Bonchev–Trinajstić information content (AvgIpc) is 3.65. The van der Waals surface area contributed by atoms with Gasteiger partial charge in [0.15, 0.2) is 5.60 Å². The Kier molecular flexibility index (Phi) is 11.2. The molecule has 3 amide bonds. The smallest absolute Gasteiger partial charge is 0.289 e. The van der Waals surface area contributed by atoms with Crippen LogP contribution in [0.25, 0.3) is 0 Å². The minimum absolute atomic E-state index is 0.0509. The Bertz CT molecular complexity index is 1520. The Balaban J connectivity index is 1.51. The van der Waals surface area contributed by atoms with E-state index in [1.807, 2.05) is 46.8 Å². The lowest BCUT2D eigenvalue weighted by atomic mass is 9.81. The van der Waals surface area contributed by atoms with E-state index in [0.29, 0.717) is 40.6 Å². The highest BCUT2D eigenvalue weighted by molar-refractivity contribution is 6.38. The summed E-state index contributed by atoms with van der Waals surface area (Å²) in [6.45, 7) is 9.82. The van der Waals surface area contributed by atoms with Gasteiger partial charge in [0.1, 0.15) is 17.5 Å². The third-order valence-electron chi connectivity index (χ3n) is 8.95. The summed E-state index contributed by atoms with van der Waals surface area (Å²) in [7, 11) is 3.04. The number of ether oxygens (including phenoxy) is 2. The second-order valence-electron chi connectivity index (χ2n) is 13.4. The molecule has 2 aliphatic heterocycles. The summed E-state index contributed by atoms with van der Waals surface area (Å²) in [5, 5.41) is 10.3. The van der Waals surface area contributed by atoms with E-state index < -0.39 is 41.2 Å². The lowest BCUT2D eigenvalue weighted by Crippen LogP contribution is -2.54. The van der Waals surface area contributed by atoms with Crippen molar-refractivity contribution in [3.05, 3.63) is 58.6 Å². The molecule has 2 N–H and O–H groups in total. The van der Waals surface area contributed by atoms with Crippen LogP contribution >= 0.6 is 11.6 Å². The number of rotatable bonds is 12. The highest BCUT2D eigenvalue weighted by Gasteiger charge is 2.55. The number of amides is 3. The van der Waals surface area contributed by atoms with Gasteiger partial charge in [-0.1, -0.05) is 69.9 Å². The van der Waals surface area contributed by atoms with Gasteiger partial charge in [0.2, 0.25) is 17.6 Å². The summed E-state index contributed by atoms with van der Waals surface area (Å²) in [4.78, 5) is 61.8. The monoisotopic (exact) mass is 668 g/mol. The molecule has 1 fully saturated rings. The number of benzene rings is 2. The fraction of sp³-hybridized carbons (Fsp3) is 0.514. The molecule has 0 saturated carbocycles. The predicted molar refractivity (Wildman–Crippen MR) is 178 cm³/mol. The van der Waals surface area contributed by atoms with Gasteiger partial charge in [-0.3, -0.25) is 19.2 Å². The van der Waals surface area contributed by atoms with Gasteiger partial charge in [-0.25, -0.2) is 0 Å². The van der Waals surface area contributed by atoms with E-state index in [1.54, 1.807) is 35.2 Å². The Labute approximate surface area is 281 Å². The third-order valence-corrected chi connectivity index (χ3v) is 9.19. The zero-order valence-corrected chi connectivity index (χ0v) is 28.9. The molecule has 4 rings (SSSR count). The Morgan fingerprint density at radius 1 is 1.11 bits per heavy atom. The number of methoxy groups -OCH3 is 2. The van der Waals surface area contributed by atoms with E-state index in [4.69, 9.17) is 25.9 Å². The number of hydrogen-bond donors (Lipinski definition) is 2. The molecule has 47 heavy (non-hydrogen) atoms. The molecule has 0 unspecified atom stereocenters. The second kappa shape index (κ2) is 14.8. The van der Waals surface area contributed by atoms with Gasteiger partial charge in [-0.2, -0.15) is 0 Å². The summed E-state index contributed by atoms with van der Waals surface area (Å²) in [6.07, 6.45) is 1.33. The Morgan fingerprint density at radius 2 is 1.79 bits per heavy atom. The first kappa shape index (κ1) is 35.7. The normalized spacial score (nSPS) is 20.2. The van der Waals surface area contributed by atoms with Gasteiger partial charge >= 0.3 is 0 Å². The van der Waals surface area contributed by atoms with Gasteiger partial charge in [-0.05, 0) is 41.7 Å². The molecular weight excluding hydrogens is 624 g/mol. The number of nitrogens with one attached hydrogen (secondary N) is 2. The summed E-state index contributed by atoms with van der Waals surface area (Å²) >= 11 is 6.21. The van der Waals surface area contributed by atoms with Crippen LogP contribution in [0.1, 0.15) is 71.4 Å². The number of carbonyl (C=O) groups is 4. The van der Waals surface area contributed by atoms with Crippen molar-refractivity contribution >= 4 is 40.8 Å². The van der Waals surface area contributed by atoms with E-state index in [1.165, 1.54) is 14.2 Å². The van der Waals surface area contributed by atoms with Crippen molar-refractivity contribution in [3.8, 4) is 11.5 Å². The maximum atomic E-state index is 14.0. The van der Waals surface area contributed by atoms with Gasteiger partial charge in [-0.15, -0.1) is 0 Å². The van der Waals surface area contributed by atoms with Crippen molar-refractivity contribution < 1.29 is 33.5 Å². The molecule has 0 aromatic heterocycles. The summed E-state index contributed by atoms with van der Waals surface area (Å²) in [6, 6.07) is 10.4. The zero-order chi connectivity index (χ0) is 34.5. The molecule has 2 heterocycles. The molecule has 0 bridgehead atoms. The predicted octanol–water partition coefficient (Wildman–Crippen LogP) is 4.67. The molecule has 2 aromatic rings. The molecule has 254 valence electrons. The van der Waals surface area contributed by atoms with Crippen LogP contribution in [-0.2, 0) is 30.6 Å². The number of halogens is 1. The average molecular weight is 669 g/mol. The van der Waals surface area contributed by atoms with Crippen LogP contribution < -0.4 is 20.1 Å². The van der Waals surface area contributed by atoms with Gasteiger partial charge in [0, 0.05) is 42.0 Å². The number of hydrogen-bond acceptors (Lipinski definition) is 8. The SMILES string of the molecule is CCC[C@H](NC(=O)[C@@H]1C[C@]2(CC(c3cccc(Cl)c3)=NO2)CN1C(=O)[C@@H](C)C(C)(C)C)C(=O)C(=O)NCc1cc(OC)cc(OC)c1. The molecule has 2 aromatic carbocycles. The van der Waals surface area contributed by atoms with Crippen LogP contribution in [0, 0.1) is 11.3 Å². The largest absolute Gasteiger partial charge is 0.497 e. The minimum Gasteiger partial charge on any atom is -0.497 e. The zero-order valence-electron chi connectivity index (χ0n) is 28.1. The molecule has 12 heteroatoms. The minimum atomic E-state index is -1.08. The maximum Gasteiger partial charge on any atom is 0.289 e. The van der Waals surface area contributed by atoms with E-state index >= 15 is 0 Å². The highest BCUT2D eigenvalue weighted by atomic mass is 35.5. The number of likely N-dealkylation sites (tertiary alicyclic amines) is 1. The molecule has 4 atom stereocenters. The van der Waals surface area contributed by atoms with Crippen molar-refractivity contribution in [2.75, 3.05) is 20.8 Å². The number of ketones is 1. The van der Waals surface area contributed by atoms with E-state index in [9.17, 15) is 19.2 Å². The van der Waals surface area contributed by atoms with Crippen LogP contribution in [-0.4, -0.2) is 72.6 Å². The highest BCUT2D eigenvalue weighted by Crippen LogP contribution is 2.41. The maximum absolute atomic E-state index is 14.0. The van der Waals surface area contributed by atoms with Crippen molar-refractivity contribution in [2.45, 2.75) is 84.5 Å². The Morgan fingerprint density at radius 3 is 2.38 bits per heavy atom. The molecular formula is C35H45ClN4O7. The van der Waals surface area contributed by atoms with Gasteiger partial charge in [0.25, 0.3) is 5.91 Å². The van der Waals surface area contributed by atoms with Crippen LogP contribution in [0.5, 0.6) is 11.5 Å². The van der Waals surface area contributed by atoms with Crippen molar-refractivity contribution in [2.24, 2.45) is 16.5 Å². The van der Waals surface area contributed by atoms with Crippen LogP contribution in [0.2, 0.25) is 5.02 Å². The van der Waals surface area contributed by atoms with E-state index in [-0.39, 0.29) is 37.3 Å². The van der Waals surface area contributed by atoms with Crippen LogP contribution in [0.3, 0.4) is 0 Å².